The van der Waals surface area contributed by atoms with Crippen molar-refractivity contribution in [3.8, 4) is 0 Å². The van der Waals surface area contributed by atoms with Gasteiger partial charge in [0.05, 0.1) is 5.97 Å². The number of carboxylic acids is 1. The highest BCUT2D eigenvalue weighted by Gasteiger charge is 2.06. The molecule has 1 aromatic rings. The molecule has 0 radical (unpaired) electrons. The monoisotopic (exact) mass is 251 g/mol. The molecule has 0 bridgehead atoms. The summed E-state index contributed by atoms with van der Waals surface area (Å²) in [5.74, 6) is -1.55. The molecule has 0 atom stereocenters. The van der Waals surface area contributed by atoms with Gasteiger partial charge < -0.3 is 20.5 Å². The van der Waals surface area contributed by atoms with E-state index < -0.39 is 5.97 Å². The molecule has 5 nitrogen and oxygen atoms in total. The number of hydrogen-bond donors (Lipinski definition) is 2. The van der Waals surface area contributed by atoms with Crippen LogP contribution in [0.15, 0.2) is 18.2 Å². The largest absolute Gasteiger partial charge is 0.545 e. The summed E-state index contributed by atoms with van der Waals surface area (Å²) in [6.45, 7) is 2.96. The predicted octanol–water partition coefficient (Wildman–Crippen LogP) is 0.191. The molecule has 1 amide bonds. The Bertz CT molecular complexity index is 486. The molecule has 0 aliphatic rings. The molecule has 17 heavy (non-hydrogen) atoms. The molecule has 0 fully saturated rings. The van der Waals surface area contributed by atoms with E-state index in [9.17, 15) is 14.7 Å². The maximum absolute atomic E-state index is 10.8. The summed E-state index contributed by atoms with van der Waals surface area (Å²) in [6, 6.07) is 4.67. The van der Waals surface area contributed by atoms with Crippen molar-refractivity contribution in [3.63, 3.8) is 0 Å². The number of amides is 1. The minimum absolute atomic E-state index is 0.0839. The van der Waals surface area contributed by atoms with Crippen LogP contribution in [0.4, 0.5) is 5.69 Å². The van der Waals surface area contributed by atoms with Crippen molar-refractivity contribution in [1.82, 2.24) is 5.32 Å². The first-order chi connectivity index (χ1) is 7.91. The molecule has 0 aromatic heterocycles. The molecular weight excluding hydrogens is 240 g/mol. The van der Waals surface area contributed by atoms with Crippen LogP contribution >= 0.6 is 12.2 Å². The van der Waals surface area contributed by atoms with E-state index in [1.165, 1.54) is 13.0 Å². The molecule has 0 saturated heterocycles. The Morgan fingerprint density at radius 1 is 1.35 bits per heavy atom. The summed E-state index contributed by atoms with van der Waals surface area (Å²) in [5.41, 5.74) is 1.10. The van der Waals surface area contributed by atoms with Crippen molar-refractivity contribution >= 4 is 34.9 Å². The molecule has 6 heteroatoms. The molecule has 2 N–H and O–H groups in total. The third-order valence-electron chi connectivity index (χ3n) is 2.09. The topological polar surface area (TPSA) is 81.3 Å². The van der Waals surface area contributed by atoms with Crippen LogP contribution in [0.5, 0.6) is 0 Å². The van der Waals surface area contributed by atoms with Crippen LogP contribution in [-0.4, -0.2) is 17.0 Å². The summed E-state index contributed by atoms with van der Waals surface area (Å²) in [7, 11) is 0. The van der Waals surface area contributed by atoms with Gasteiger partial charge in [-0.05, 0) is 30.8 Å². The van der Waals surface area contributed by atoms with E-state index in [0.29, 0.717) is 11.3 Å². The quantitative estimate of drug-likeness (QED) is 0.733. The number of nitrogens with one attached hydrogen (secondary N) is 2. The first-order valence-electron chi connectivity index (χ1n) is 4.81. The Morgan fingerprint density at radius 3 is 2.53 bits per heavy atom. The van der Waals surface area contributed by atoms with Crippen molar-refractivity contribution in [2.24, 2.45) is 0 Å². The van der Waals surface area contributed by atoms with Gasteiger partial charge in [0, 0.05) is 18.2 Å². The minimum atomic E-state index is -1.25. The number of carbonyl (C=O) groups is 2. The first-order valence-corrected chi connectivity index (χ1v) is 5.22. The highest BCUT2D eigenvalue weighted by Crippen LogP contribution is 2.18. The summed E-state index contributed by atoms with van der Waals surface area (Å²) in [5, 5.41) is 16.0. The number of aromatic carboxylic acids is 1. The Balaban J connectivity index is 2.92. The van der Waals surface area contributed by atoms with Gasteiger partial charge in [-0.1, -0.05) is 12.1 Å². The number of rotatable bonds is 2. The molecule has 0 saturated carbocycles. The van der Waals surface area contributed by atoms with Crippen LogP contribution < -0.4 is 15.7 Å². The second-order valence-electron chi connectivity index (χ2n) is 3.40. The number of carboxylic acid groups (broad SMARTS) is 1. The van der Waals surface area contributed by atoms with Gasteiger partial charge in [0.15, 0.2) is 5.11 Å². The minimum Gasteiger partial charge on any atom is -0.545 e. The zero-order chi connectivity index (χ0) is 13.0. The van der Waals surface area contributed by atoms with Crippen LogP contribution in [-0.2, 0) is 4.79 Å². The van der Waals surface area contributed by atoms with Gasteiger partial charge in [-0.2, -0.15) is 0 Å². The lowest BCUT2D eigenvalue weighted by molar-refractivity contribution is -0.255. The van der Waals surface area contributed by atoms with Crippen molar-refractivity contribution in [2.45, 2.75) is 13.8 Å². The summed E-state index contributed by atoms with van der Waals surface area (Å²) >= 11 is 4.87. The SMILES string of the molecule is CC(=O)NC(=S)Nc1cccc(C(=O)[O-])c1C. The molecule has 90 valence electrons. The predicted molar refractivity (Wildman–Crippen MR) is 65.5 cm³/mol. The fourth-order valence-corrected chi connectivity index (χ4v) is 1.56. The van der Waals surface area contributed by atoms with E-state index >= 15 is 0 Å². The molecule has 0 spiro atoms. The molecule has 0 aliphatic carbocycles. The van der Waals surface area contributed by atoms with E-state index in [-0.39, 0.29) is 16.6 Å². The molecule has 0 unspecified atom stereocenters. The summed E-state index contributed by atoms with van der Waals surface area (Å²) in [6.07, 6.45) is 0. The first kappa shape index (κ1) is 13.1. The fraction of sp³-hybridized carbons (Fsp3) is 0.182. The second-order valence-corrected chi connectivity index (χ2v) is 3.81. The zero-order valence-electron chi connectivity index (χ0n) is 9.37. The van der Waals surface area contributed by atoms with Crippen LogP contribution in [0.25, 0.3) is 0 Å². The second kappa shape index (κ2) is 5.40. The summed E-state index contributed by atoms with van der Waals surface area (Å²) < 4.78 is 0. The van der Waals surface area contributed by atoms with Crippen LogP contribution in [0.1, 0.15) is 22.8 Å². The maximum atomic E-state index is 10.8. The van der Waals surface area contributed by atoms with Crippen LogP contribution in [0.3, 0.4) is 0 Å². The number of thiocarbonyl (C=S) groups is 1. The van der Waals surface area contributed by atoms with Gasteiger partial charge in [-0.3, -0.25) is 4.79 Å². The third-order valence-corrected chi connectivity index (χ3v) is 2.30. The molecule has 0 aliphatic heterocycles. The van der Waals surface area contributed by atoms with Gasteiger partial charge in [-0.25, -0.2) is 0 Å². The molecule has 0 heterocycles. The van der Waals surface area contributed by atoms with Crippen molar-refractivity contribution in [1.29, 1.82) is 0 Å². The molecule has 1 rings (SSSR count). The van der Waals surface area contributed by atoms with Gasteiger partial charge in [0.2, 0.25) is 5.91 Å². The lowest BCUT2D eigenvalue weighted by Gasteiger charge is -2.14. The fourth-order valence-electron chi connectivity index (χ4n) is 1.31. The highest BCUT2D eigenvalue weighted by atomic mass is 32.1. The van der Waals surface area contributed by atoms with E-state index in [1.807, 2.05) is 0 Å². The van der Waals surface area contributed by atoms with Crippen LogP contribution in [0.2, 0.25) is 0 Å². The third kappa shape index (κ3) is 3.53. The van der Waals surface area contributed by atoms with E-state index in [1.54, 1.807) is 19.1 Å². The average molecular weight is 251 g/mol. The highest BCUT2D eigenvalue weighted by molar-refractivity contribution is 7.80. The Labute approximate surface area is 104 Å². The van der Waals surface area contributed by atoms with E-state index in [4.69, 9.17) is 12.2 Å². The Kier molecular flexibility index (Phi) is 4.17. The number of anilines is 1. The lowest BCUT2D eigenvalue weighted by Crippen LogP contribution is -2.32. The van der Waals surface area contributed by atoms with Gasteiger partial charge in [-0.15, -0.1) is 0 Å². The van der Waals surface area contributed by atoms with E-state index in [0.717, 1.165) is 0 Å². The number of hydrogen-bond acceptors (Lipinski definition) is 4. The summed E-state index contributed by atoms with van der Waals surface area (Å²) in [4.78, 5) is 21.6. The average Bonchev–Trinajstić information content (AvgIpc) is 2.19. The lowest BCUT2D eigenvalue weighted by atomic mass is 10.1. The molecular formula is C11H11N2O3S-. The maximum Gasteiger partial charge on any atom is 0.222 e. The Morgan fingerprint density at radius 2 is 2.00 bits per heavy atom. The van der Waals surface area contributed by atoms with Crippen molar-refractivity contribution in [3.05, 3.63) is 29.3 Å². The normalized spacial score (nSPS) is 9.53. The van der Waals surface area contributed by atoms with Crippen molar-refractivity contribution < 1.29 is 14.7 Å². The van der Waals surface area contributed by atoms with E-state index in [2.05, 4.69) is 10.6 Å². The van der Waals surface area contributed by atoms with Gasteiger partial charge in [0.1, 0.15) is 0 Å². The standard InChI is InChI=1S/C11H12N2O3S/c1-6-8(10(15)16)4-3-5-9(6)13-11(17)12-7(2)14/h3-5H,1-2H3,(H,15,16)(H2,12,13,14,17)/p-1. The number of benzene rings is 1. The van der Waals surface area contributed by atoms with Crippen molar-refractivity contribution in [2.75, 3.05) is 5.32 Å². The van der Waals surface area contributed by atoms with Gasteiger partial charge in [0.25, 0.3) is 0 Å². The number of carbonyl (C=O) groups excluding carboxylic acids is 2. The molecule has 1 aromatic carbocycles. The Hall–Kier alpha value is -1.95. The zero-order valence-corrected chi connectivity index (χ0v) is 10.2. The van der Waals surface area contributed by atoms with Crippen LogP contribution in [0, 0.1) is 6.92 Å². The van der Waals surface area contributed by atoms with Gasteiger partial charge >= 0.3 is 0 Å². The smallest absolute Gasteiger partial charge is 0.222 e.